The number of benzene rings is 1. The molecule has 1 fully saturated rings. The van der Waals surface area contributed by atoms with Gasteiger partial charge in [-0.25, -0.2) is 0 Å². The second kappa shape index (κ2) is 6.50. The molecule has 0 amide bonds. The van der Waals surface area contributed by atoms with Gasteiger partial charge in [0.1, 0.15) is 5.75 Å². The molecule has 1 aliphatic carbocycles. The summed E-state index contributed by atoms with van der Waals surface area (Å²) in [6.07, 6.45) is 0.393. The van der Waals surface area contributed by atoms with Crippen LogP contribution in [0.1, 0.15) is 44.6 Å². The maximum Gasteiger partial charge on any atom is 0.416 e. The van der Waals surface area contributed by atoms with Gasteiger partial charge in [-0.15, -0.1) is 0 Å². The standard InChI is InChI=1S/C16H19F3O2/c1-2-11-3-5-12(6-4-11)15(20)21-14-9-7-13(8-10-14)16(17,18)19/h7-12H,2-6H2,1H3/t11-,12-. The van der Waals surface area contributed by atoms with Gasteiger partial charge in [0.15, 0.2) is 0 Å². The first-order chi connectivity index (χ1) is 9.90. The minimum atomic E-state index is -4.37. The molecule has 21 heavy (non-hydrogen) atoms. The van der Waals surface area contributed by atoms with Crippen molar-refractivity contribution in [2.75, 3.05) is 0 Å². The maximum absolute atomic E-state index is 12.4. The number of alkyl halides is 3. The second-order valence-corrected chi connectivity index (χ2v) is 5.57. The van der Waals surface area contributed by atoms with Gasteiger partial charge in [-0.3, -0.25) is 4.79 Å². The highest BCUT2D eigenvalue weighted by Gasteiger charge is 2.30. The van der Waals surface area contributed by atoms with Gasteiger partial charge in [-0.2, -0.15) is 13.2 Å². The average molecular weight is 300 g/mol. The Morgan fingerprint density at radius 2 is 1.71 bits per heavy atom. The monoisotopic (exact) mass is 300 g/mol. The van der Waals surface area contributed by atoms with E-state index in [9.17, 15) is 18.0 Å². The molecule has 2 rings (SSSR count). The fourth-order valence-electron chi connectivity index (χ4n) is 2.72. The molecule has 0 heterocycles. The predicted molar refractivity (Wildman–Crippen MR) is 72.8 cm³/mol. The van der Waals surface area contributed by atoms with E-state index in [1.54, 1.807) is 0 Å². The van der Waals surface area contributed by atoms with E-state index in [1.165, 1.54) is 12.1 Å². The zero-order chi connectivity index (χ0) is 15.5. The molecule has 0 atom stereocenters. The molecule has 0 spiro atoms. The van der Waals surface area contributed by atoms with Gasteiger partial charge in [-0.05, 0) is 55.9 Å². The Bertz CT molecular complexity index is 471. The van der Waals surface area contributed by atoms with Gasteiger partial charge in [0.05, 0.1) is 11.5 Å². The number of ether oxygens (including phenoxy) is 1. The van der Waals surface area contributed by atoms with Crippen LogP contribution in [-0.2, 0) is 11.0 Å². The van der Waals surface area contributed by atoms with Gasteiger partial charge in [0, 0.05) is 0 Å². The molecule has 0 bridgehead atoms. The van der Waals surface area contributed by atoms with Crippen molar-refractivity contribution in [2.45, 2.75) is 45.2 Å². The molecular formula is C16H19F3O2. The van der Waals surface area contributed by atoms with Crippen molar-refractivity contribution in [3.63, 3.8) is 0 Å². The first-order valence-electron chi connectivity index (χ1n) is 7.29. The van der Waals surface area contributed by atoms with Crippen LogP contribution in [0.3, 0.4) is 0 Å². The molecule has 0 aliphatic heterocycles. The lowest BCUT2D eigenvalue weighted by molar-refractivity contribution is -0.140. The first-order valence-corrected chi connectivity index (χ1v) is 7.29. The number of halogens is 3. The number of esters is 1. The zero-order valence-corrected chi connectivity index (χ0v) is 12.0. The van der Waals surface area contributed by atoms with E-state index >= 15 is 0 Å². The SMILES string of the molecule is CC[C@H]1CC[C@H](C(=O)Oc2ccc(C(F)(F)F)cc2)CC1. The Hall–Kier alpha value is -1.52. The average Bonchev–Trinajstić information content (AvgIpc) is 2.47. The largest absolute Gasteiger partial charge is 0.426 e. The summed E-state index contributed by atoms with van der Waals surface area (Å²) in [5.74, 6) is 0.394. The van der Waals surface area contributed by atoms with Crippen LogP contribution in [0.15, 0.2) is 24.3 Å². The van der Waals surface area contributed by atoms with E-state index < -0.39 is 11.7 Å². The van der Waals surface area contributed by atoms with Crippen molar-refractivity contribution >= 4 is 5.97 Å². The van der Waals surface area contributed by atoms with E-state index in [0.717, 1.165) is 44.2 Å². The minimum Gasteiger partial charge on any atom is -0.426 e. The molecule has 0 radical (unpaired) electrons. The number of hydrogen-bond acceptors (Lipinski definition) is 2. The highest BCUT2D eigenvalue weighted by atomic mass is 19.4. The third-order valence-corrected chi connectivity index (χ3v) is 4.16. The lowest BCUT2D eigenvalue weighted by Crippen LogP contribution is -2.25. The van der Waals surface area contributed by atoms with Crippen molar-refractivity contribution < 1.29 is 22.7 Å². The van der Waals surface area contributed by atoms with Crippen molar-refractivity contribution in [3.05, 3.63) is 29.8 Å². The summed E-state index contributed by atoms with van der Waals surface area (Å²) in [6.45, 7) is 2.14. The summed E-state index contributed by atoms with van der Waals surface area (Å²) in [5.41, 5.74) is -0.745. The summed E-state index contributed by atoms with van der Waals surface area (Å²) >= 11 is 0. The third-order valence-electron chi connectivity index (χ3n) is 4.16. The molecule has 1 aromatic carbocycles. The topological polar surface area (TPSA) is 26.3 Å². The third kappa shape index (κ3) is 4.22. The molecule has 1 saturated carbocycles. The second-order valence-electron chi connectivity index (χ2n) is 5.57. The van der Waals surface area contributed by atoms with Crippen LogP contribution < -0.4 is 4.74 Å². The molecule has 0 saturated heterocycles. The maximum atomic E-state index is 12.4. The number of hydrogen-bond donors (Lipinski definition) is 0. The van der Waals surface area contributed by atoms with Crippen LogP contribution in [-0.4, -0.2) is 5.97 Å². The molecule has 0 N–H and O–H groups in total. The molecule has 0 aromatic heterocycles. The highest BCUT2D eigenvalue weighted by Crippen LogP contribution is 2.33. The molecule has 0 unspecified atom stereocenters. The Labute approximate surface area is 122 Å². The minimum absolute atomic E-state index is 0.130. The van der Waals surface area contributed by atoms with Crippen LogP contribution in [0.2, 0.25) is 0 Å². The molecule has 1 aromatic rings. The number of carbonyl (C=O) groups excluding carboxylic acids is 1. The lowest BCUT2D eigenvalue weighted by atomic mass is 9.81. The summed E-state index contributed by atoms with van der Waals surface area (Å²) in [5, 5.41) is 0. The van der Waals surface area contributed by atoms with E-state index in [1.807, 2.05) is 0 Å². The smallest absolute Gasteiger partial charge is 0.416 e. The summed E-state index contributed by atoms with van der Waals surface area (Å²) in [6, 6.07) is 4.24. The Balaban J connectivity index is 1.91. The first kappa shape index (κ1) is 15.9. The van der Waals surface area contributed by atoms with Gasteiger partial charge in [0.25, 0.3) is 0 Å². The Morgan fingerprint density at radius 1 is 1.14 bits per heavy atom. The van der Waals surface area contributed by atoms with E-state index in [-0.39, 0.29) is 17.6 Å². The predicted octanol–water partition coefficient (Wildman–Crippen LogP) is 4.83. The molecule has 2 nitrogen and oxygen atoms in total. The van der Waals surface area contributed by atoms with Gasteiger partial charge >= 0.3 is 12.1 Å². The van der Waals surface area contributed by atoms with Crippen molar-refractivity contribution in [1.82, 2.24) is 0 Å². The molecule has 116 valence electrons. The number of carbonyl (C=O) groups is 1. The van der Waals surface area contributed by atoms with Gasteiger partial charge in [0.2, 0.25) is 0 Å². The van der Waals surface area contributed by atoms with Crippen LogP contribution in [0, 0.1) is 11.8 Å². The van der Waals surface area contributed by atoms with Gasteiger partial charge < -0.3 is 4.74 Å². The fraction of sp³-hybridized carbons (Fsp3) is 0.562. The molecular weight excluding hydrogens is 281 g/mol. The molecule has 1 aliphatic rings. The van der Waals surface area contributed by atoms with Crippen molar-refractivity contribution in [1.29, 1.82) is 0 Å². The van der Waals surface area contributed by atoms with E-state index in [2.05, 4.69) is 6.92 Å². The van der Waals surface area contributed by atoms with Crippen LogP contribution in [0.25, 0.3) is 0 Å². The zero-order valence-electron chi connectivity index (χ0n) is 12.0. The summed E-state index contributed by atoms with van der Waals surface area (Å²) in [7, 11) is 0. The quantitative estimate of drug-likeness (QED) is 0.590. The van der Waals surface area contributed by atoms with Crippen molar-refractivity contribution in [3.8, 4) is 5.75 Å². The van der Waals surface area contributed by atoms with Crippen LogP contribution in [0.5, 0.6) is 5.75 Å². The van der Waals surface area contributed by atoms with Crippen molar-refractivity contribution in [2.24, 2.45) is 11.8 Å². The lowest BCUT2D eigenvalue weighted by Gasteiger charge is -2.26. The van der Waals surface area contributed by atoms with E-state index in [0.29, 0.717) is 5.92 Å². The Morgan fingerprint density at radius 3 is 2.19 bits per heavy atom. The summed E-state index contributed by atoms with van der Waals surface area (Å²) in [4.78, 5) is 12.0. The Kier molecular flexibility index (Phi) is 4.91. The summed E-state index contributed by atoms with van der Waals surface area (Å²) < 4.78 is 42.5. The molecule has 5 heteroatoms. The highest BCUT2D eigenvalue weighted by molar-refractivity contribution is 5.75. The fourth-order valence-corrected chi connectivity index (χ4v) is 2.72. The van der Waals surface area contributed by atoms with Crippen LogP contribution >= 0.6 is 0 Å². The van der Waals surface area contributed by atoms with Gasteiger partial charge in [-0.1, -0.05) is 13.3 Å². The number of rotatable bonds is 3. The van der Waals surface area contributed by atoms with E-state index in [4.69, 9.17) is 4.74 Å². The normalized spacial score (nSPS) is 22.9. The van der Waals surface area contributed by atoms with Crippen LogP contribution in [0.4, 0.5) is 13.2 Å².